The summed E-state index contributed by atoms with van der Waals surface area (Å²) in [7, 11) is -3.05. The summed E-state index contributed by atoms with van der Waals surface area (Å²) in [5.74, 6) is 0. The molecule has 0 radical (unpaired) electrons. The second kappa shape index (κ2) is 5.58. The normalized spacial score (nSPS) is 16.2. The van der Waals surface area contributed by atoms with Gasteiger partial charge in [0.1, 0.15) is 4.90 Å². The van der Waals surface area contributed by atoms with E-state index in [9.17, 15) is 21.6 Å². The molecule has 10 heteroatoms. The number of fused-ring (bicyclic) bond motifs is 3. The molecule has 3 aromatic rings. The molecule has 2 aromatic heterocycles. The molecular weight excluding hydrogens is 369 g/mol. The largest absolute Gasteiger partial charge is 0.436 e. The van der Waals surface area contributed by atoms with Crippen LogP contribution in [0.4, 0.5) is 13.2 Å². The molecule has 1 aliphatic heterocycles. The van der Waals surface area contributed by atoms with E-state index in [0.29, 0.717) is 6.54 Å². The van der Waals surface area contributed by atoms with Gasteiger partial charge in [0, 0.05) is 37.5 Å². The Morgan fingerprint density at radius 3 is 2.62 bits per heavy atom. The second-order valence-electron chi connectivity index (χ2n) is 6.20. The molecule has 1 aliphatic rings. The van der Waals surface area contributed by atoms with Gasteiger partial charge < -0.3 is 4.57 Å². The molecule has 138 valence electrons. The molecule has 0 spiro atoms. The van der Waals surface area contributed by atoms with Gasteiger partial charge in [-0.1, -0.05) is 18.2 Å². The van der Waals surface area contributed by atoms with E-state index >= 15 is 0 Å². The fourth-order valence-electron chi connectivity index (χ4n) is 3.33. The van der Waals surface area contributed by atoms with Gasteiger partial charge in [-0.15, -0.1) is 0 Å². The first-order chi connectivity index (χ1) is 12.2. The van der Waals surface area contributed by atoms with Gasteiger partial charge in [0.25, 0.3) is 0 Å². The number of nitrogens with zero attached hydrogens (tertiary/aromatic N) is 4. The Morgan fingerprint density at radius 1 is 1.15 bits per heavy atom. The Balaban J connectivity index is 1.75. The van der Waals surface area contributed by atoms with Crippen LogP contribution >= 0.6 is 0 Å². The third-order valence-corrected chi connectivity index (χ3v) is 6.34. The third-order valence-electron chi connectivity index (χ3n) is 4.49. The molecule has 0 atom stereocenters. The lowest BCUT2D eigenvalue weighted by Gasteiger charge is -2.28. The maximum absolute atomic E-state index is 13.2. The number of alkyl halides is 3. The molecule has 0 bridgehead atoms. The van der Waals surface area contributed by atoms with Crippen molar-refractivity contribution in [2.75, 3.05) is 6.54 Å². The van der Waals surface area contributed by atoms with Crippen LogP contribution in [0.25, 0.3) is 10.9 Å². The number of hydrogen-bond acceptors (Lipinski definition) is 3. The summed E-state index contributed by atoms with van der Waals surface area (Å²) < 4.78 is 69.2. The molecule has 4 rings (SSSR count). The van der Waals surface area contributed by atoms with Crippen molar-refractivity contribution < 1.29 is 21.6 Å². The second-order valence-corrected chi connectivity index (χ2v) is 8.10. The van der Waals surface area contributed by atoms with Crippen LogP contribution in [0.3, 0.4) is 0 Å². The van der Waals surface area contributed by atoms with Crippen molar-refractivity contribution in [2.24, 2.45) is 7.05 Å². The average molecular weight is 384 g/mol. The first kappa shape index (κ1) is 17.1. The molecular formula is C16H15F3N4O2S. The first-order valence-electron chi connectivity index (χ1n) is 7.86. The Labute approximate surface area is 147 Å². The minimum atomic E-state index is -4.84. The minimum Gasteiger partial charge on any atom is -0.342 e. The van der Waals surface area contributed by atoms with Gasteiger partial charge in [-0.2, -0.15) is 22.6 Å². The minimum absolute atomic E-state index is 0.0171. The Morgan fingerprint density at radius 2 is 1.88 bits per heavy atom. The summed E-state index contributed by atoms with van der Waals surface area (Å²) in [5, 5.41) is 4.27. The van der Waals surface area contributed by atoms with Crippen LogP contribution in [0.15, 0.2) is 41.4 Å². The molecule has 0 saturated heterocycles. The number of aromatic nitrogens is 3. The van der Waals surface area contributed by atoms with Crippen molar-refractivity contribution in [3.8, 4) is 0 Å². The van der Waals surface area contributed by atoms with Crippen LogP contribution in [0.5, 0.6) is 0 Å². The van der Waals surface area contributed by atoms with Crippen molar-refractivity contribution in [2.45, 2.75) is 24.2 Å². The monoisotopic (exact) mass is 384 g/mol. The number of benzene rings is 1. The van der Waals surface area contributed by atoms with Gasteiger partial charge in [0.15, 0.2) is 5.69 Å². The summed E-state index contributed by atoms with van der Waals surface area (Å²) in [6.45, 7) is 0.493. The number of hydrogen-bond donors (Lipinski definition) is 0. The molecule has 0 aliphatic carbocycles. The number of aryl methyl sites for hydroxylation is 1. The summed E-state index contributed by atoms with van der Waals surface area (Å²) in [5.41, 5.74) is 0.349. The van der Waals surface area contributed by atoms with Crippen molar-refractivity contribution in [3.05, 3.63) is 47.9 Å². The van der Waals surface area contributed by atoms with Crippen LogP contribution in [0, 0.1) is 0 Å². The van der Waals surface area contributed by atoms with Gasteiger partial charge in [0.2, 0.25) is 10.0 Å². The molecule has 1 aromatic carbocycles. The highest BCUT2D eigenvalue weighted by molar-refractivity contribution is 7.89. The number of rotatable bonds is 2. The molecule has 3 heterocycles. The summed E-state index contributed by atoms with van der Waals surface area (Å²) in [4.78, 5) is -0.808. The van der Waals surface area contributed by atoms with Gasteiger partial charge in [0.05, 0.1) is 6.54 Å². The SMILES string of the molecule is Cn1cc(S(=O)(=O)N2CCn3c(cc4ccccc43)C2)c(C(F)(F)F)n1. The van der Waals surface area contributed by atoms with E-state index in [-0.39, 0.29) is 13.1 Å². The standard InChI is InChI=1S/C16H15F3N4O2S/c1-21-10-14(15(20-21)16(17,18)19)26(24,25)22-6-7-23-12(9-22)8-11-4-2-3-5-13(11)23/h2-5,8,10H,6-7,9H2,1H3. The molecule has 0 unspecified atom stereocenters. The van der Waals surface area contributed by atoms with Crippen LogP contribution in [-0.2, 0) is 36.3 Å². The average Bonchev–Trinajstić information content (AvgIpc) is 3.14. The van der Waals surface area contributed by atoms with E-state index in [1.807, 2.05) is 34.9 Å². The van der Waals surface area contributed by atoms with Gasteiger partial charge in [-0.3, -0.25) is 4.68 Å². The Hall–Kier alpha value is -2.33. The fraction of sp³-hybridized carbons (Fsp3) is 0.312. The Kier molecular flexibility index (Phi) is 3.67. The lowest BCUT2D eigenvalue weighted by atomic mass is 10.2. The van der Waals surface area contributed by atoms with E-state index in [1.165, 1.54) is 7.05 Å². The predicted octanol–water partition coefficient (Wildman–Crippen LogP) is 2.60. The molecule has 0 saturated carbocycles. The van der Waals surface area contributed by atoms with Gasteiger partial charge >= 0.3 is 6.18 Å². The zero-order valence-corrected chi connectivity index (χ0v) is 14.5. The van der Waals surface area contributed by atoms with E-state index in [2.05, 4.69) is 5.10 Å². The fourth-order valence-corrected chi connectivity index (χ4v) is 4.92. The Bertz CT molecular complexity index is 1100. The molecule has 0 amide bonds. The quantitative estimate of drug-likeness (QED) is 0.682. The maximum Gasteiger partial charge on any atom is 0.436 e. The topological polar surface area (TPSA) is 60.1 Å². The molecule has 0 fully saturated rings. The highest BCUT2D eigenvalue weighted by Crippen LogP contribution is 2.35. The maximum atomic E-state index is 13.2. The first-order valence-corrected chi connectivity index (χ1v) is 9.30. The highest BCUT2D eigenvalue weighted by Gasteiger charge is 2.43. The zero-order valence-electron chi connectivity index (χ0n) is 13.7. The summed E-state index contributed by atoms with van der Waals surface area (Å²) in [6, 6.07) is 9.50. The lowest BCUT2D eigenvalue weighted by molar-refractivity contribution is -0.143. The molecule has 6 nitrogen and oxygen atoms in total. The summed E-state index contributed by atoms with van der Waals surface area (Å²) >= 11 is 0. The van der Waals surface area contributed by atoms with Crippen LogP contribution in [0.2, 0.25) is 0 Å². The lowest BCUT2D eigenvalue weighted by Crippen LogP contribution is -2.38. The van der Waals surface area contributed by atoms with Crippen LogP contribution in [-0.4, -0.2) is 33.6 Å². The van der Waals surface area contributed by atoms with E-state index in [4.69, 9.17) is 0 Å². The van der Waals surface area contributed by atoms with E-state index < -0.39 is 26.8 Å². The summed E-state index contributed by atoms with van der Waals surface area (Å²) in [6.07, 6.45) is -3.93. The van der Waals surface area contributed by atoms with Gasteiger partial charge in [-0.05, 0) is 17.5 Å². The van der Waals surface area contributed by atoms with Crippen LogP contribution < -0.4 is 0 Å². The van der Waals surface area contributed by atoms with Crippen molar-refractivity contribution in [1.29, 1.82) is 0 Å². The van der Waals surface area contributed by atoms with Crippen molar-refractivity contribution in [3.63, 3.8) is 0 Å². The number of para-hydroxylation sites is 1. The molecule has 26 heavy (non-hydrogen) atoms. The highest BCUT2D eigenvalue weighted by atomic mass is 32.2. The van der Waals surface area contributed by atoms with E-state index in [0.717, 1.165) is 31.8 Å². The van der Waals surface area contributed by atoms with Crippen LogP contribution in [0.1, 0.15) is 11.4 Å². The zero-order chi connectivity index (χ0) is 18.7. The molecule has 0 N–H and O–H groups in total. The van der Waals surface area contributed by atoms with Crippen molar-refractivity contribution >= 4 is 20.9 Å². The number of sulfonamides is 1. The third kappa shape index (κ3) is 2.60. The van der Waals surface area contributed by atoms with Gasteiger partial charge in [-0.25, -0.2) is 8.42 Å². The predicted molar refractivity (Wildman–Crippen MR) is 87.7 cm³/mol. The number of halogens is 3. The smallest absolute Gasteiger partial charge is 0.342 e. The van der Waals surface area contributed by atoms with E-state index in [1.54, 1.807) is 0 Å². The van der Waals surface area contributed by atoms with Crippen molar-refractivity contribution in [1.82, 2.24) is 18.7 Å².